The molecule has 0 spiro atoms. The molecule has 1 aromatic carbocycles. The summed E-state index contributed by atoms with van der Waals surface area (Å²) in [6.07, 6.45) is 0. The largest absolute Gasteiger partial charge is 0.347 e. The lowest BCUT2D eigenvalue weighted by molar-refractivity contribution is -0.895. The van der Waals surface area contributed by atoms with E-state index >= 15 is 0 Å². The van der Waals surface area contributed by atoms with Gasteiger partial charge < -0.3 is 15.5 Å². The number of quaternary nitrogens is 1. The van der Waals surface area contributed by atoms with Gasteiger partial charge >= 0.3 is 0 Å². The van der Waals surface area contributed by atoms with Gasteiger partial charge in [0.25, 0.3) is 5.91 Å². The van der Waals surface area contributed by atoms with Crippen molar-refractivity contribution < 1.29 is 9.69 Å². The van der Waals surface area contributed by atoms with Crippen LogP contribution in [0.2, 0.25) is 0 Å². The fraction of sp³-hybridized carbons (Fsp3) is 0.500. The Hall–Kier alpha value is -1.77. The number of hydrogen-bond acceptors (Lipinski definition) is 5. The summed E-state index contributed by atoms with van der Waals surface area (Å²) in [5, 5.41) is 11.7. The van der Waals surface area contributed by atoms with E-state index < -0.39 is 0 Å². The first-order valence-corrected chi connectivity index (χ1v) is 9.81. The van der Waals surface area contributed by atoms with E-state index in [1.165, 1.54) is 22.5 Å². The molecule has 8 heteroatoms. The molecule has 2 aromatic rings. The molecule has 3 N–H and O–H groups in total. The maximum atomic E-state index is 12.1. The van der Waals surface area contributed by atoms with Crippen molar-refractivity contribution in [2.45, 2.75) is 46.8 Å². The Bertz CT molecular complexity index is 835. The van der Waals surface area contributed by atoms with Crippen molar-refractivity contribution >= 4 is 40.3 Å². The normalized spacial score (nSPS) is 12.7. The Kier molecular flexibility index (Phi) is 6.54. The summed E-state index contributed by atoms with van der Waals surface area (Å²) in [6.45, 7) is 11.0. The van der Waals surface area contributed by atoms with Crippen LogP contribution in [-0.2, 0) is 11.5 Å². The fourth-order valence-electron chi connectivity index (χ4n) is 2.51. The van der Waals surface area contributed by atoms with Crippen LogP contribution < -0.4 is 15.5 Å². The van der Waals surface area contributed by atoms with Crippen LogP contribution in [0.5, 0.6) is 0 Å². The van der Waals surface area contributed by atoms with Crippen LogP contribution in [0.15, 0.2) is 18.2 Å². The van der Waals surface area contributed by atoms with Crippen molar-refractivity contribution in [1.29, 1.82) is 0 Å². The second-order valence-corrected chi connectivity index (χ2v) is 9.26. The maximum absolute atomic E-state index is 12.1. The predicted molar refractivity (Wildman–Crippen MR) is 110 cm³/mol. The molecule has 0 radical (unpaired) electrons. The van der Waals surface area contributed by atoms with E-state index in [0.29, 0.717) is 17.2 Å². The van der Waals surface area contributed by atoms with E-state index in [0.717, 1.165) is 15.7 Å². The standard InChI is InChI=1S/C18H27N5OS2/c1-12-8-7-9-14(13(12)2)19-16-21-23(17(25)26-16)11-22(6)10-15(24)20-18(3,4)5/h7-9H,10-11H2,1-6H3,(H,19,21)(H,20,24)/p+1. The SMILES string of the molecule is Cc1cccc(Nc2nn(C[NH+](C)CC(=O)NC(C)(C)C)c(=S)s2)c1C. The summed E-state index contributed by atoms with van der Waals surface area (Å²) < 4.78 is 2.46. The van der Waals surface area contributed by atoms with Gasteiger partial charge in [0.2, 0.25) is 5.13 Å². The Morgan fingerprint density at radius 2 is 2.04 bits per heavy atom. The zero-order valence-corrected chi connectivity index (χ0v) is 17.9. The van der Waals surface area contributed by atoms with Crippen LogP contribution in [-0.4, -0.2) is 34.8 Å². The number of nitrogens with zero attached hydrogens (tertiary/aromatic N) is 2. The van der Waals surface area contributed by atoms with E-state index in [4.69, 9.17) is 12.2 Å². The van der Waals surface area contributed by atoms with Crippen molar-refractivity contribution in [2.24, 2.45) is 0 Å². The van der Waals surface area contributed by atoms with Gasteiger partial charge in [0.1, 0.15) is 0 Å². The number of aryl methyl sites for hydroxylation is 1. The Balaban J connectivity index is 2.02. The summed E-state index contributed by atoms with van der Waals surface area (Å²) in [4.78, 5) is 13.1. The van der Waals surface area contributed by atoms with Crippen LogP contribution in [0.1, 0.15) is 31.9 Å². The molecule has 6 nitrogen and oxygen atoms in total. The molecule has 0 aliphatic rings. The van der Waals surface area contributed by atoms with Gasteiger partial charge in [-0.1, -0.05) is 23.5 Å². The molecule has 0 fully saturated rings. The second-order valence-electron chi connectivity index (χ2n) is 7.64. The second kappa shape index (κ2) is 8.28. The number of aromatic nitrogens is 2. The van der Waals surface area contributed by atoms with Crippen molar-refractivity contribution in [3.05, 3.63) is 33.3 Å². The summed E-state index contributed by atoms with van der Waals surface area (Å²) in [5.74, 6) is 0.0190. The molecule has 26 heavy (non-hydrogen) atoms. The van der Waals surface area contributed by atoms with Gasteiger partial charge in [-0.15, -0.1) is 5.10 Å². The van der Waals surface area contributed by atoms with E-state index in [9.17, 15) is 4.79 Å². The molecule has 0 bridgehead atoms. The highest BCUT2D eigenvalue weighted by Gasteiger charge is 2.18. The highest BCUT2D eigenvalue weighted by molar-refractivity contribution is 7.73. The zero-order valence-electron chi connectivity index (χ0n) is 16.3. The number of rotatable bonds is 6. The molecule has 0 saturated heterocycles. The zero-order chi connectivity index (χ0) is 19.5. The molecule has 0 aliphatic carbocycles. The average Bonchev–Trinajstić information content (AvgIpc) is 2.81. The van der Waals surface area contributed by atoms with Crippen LogP contribution in [0, 0.1) is 17.8 Å². The molecule has 1 aromatic heterocycles. The first-order valence-electron chi connectivity index (χ1n) is 8.58. The van der Waals surface area contributed by atoms with Gasteiger partial charge in [-0.3, -0.25) is 4.79 Å². The molecule has 0 aliphatic heterocycles. The van der Waals surface area contributed by atoms with E-state index in [1.54, 1.807) is 4.68 Å². The summed E-state index contributed by atoms with van der Waals surface area (Å²) in [6, 6.07) is 6.14. The summed E-state index contributed by atoms with van der Waals surface area (Å²) in [5.41, 5.74) is 3.23. The highest BCUT2D eigenvalue weighted by Crippen LogP contribution is 2.24. The Morgan fingerprint density at radius 1 is 1.35 bits per heavy atom. The minimum Gasteiger partial charge on any atom is -0.347 e. The Morgan fingerprint density at radius 3 is 2.69 bits per heavy atom. The number of likely N-dealkylation sites (N-methyl/N-ethyl adjacent to an activating group) is 1. The lowest BCUT2D eigenvalue weighted by atomic mass is 10.1. The quantitative estimate of drug-likeness (QED) is 0.659. The first-order chi connectivity index (χ1) is 12.0. The number of amides is 1. The molecule has 0 saturated carbocycles. The van der Waals surface area contributed by atoms with Gasteiger partial charge in [-0.05, 0) is 64.0 Å². The third-order valence-corrected chi connectivity index (χ3v) is 5.07. The van der Waals surface area contributed by atoms with Gasteiger partial charge in [0, 0.05) is 11.2 Å². The van der Waals surface area contributed by atoms with Crippen LogP contribution >= 0.6 is 23.6 Å². The van der Waals surface area contributed by atoms with Crippen molar-refractivity contribution in [1.82, 2.24) is 15.1 Å². The smallest absolute Gasteiger partial charge is 0.275 e. The average molecular weight is 395 g/mol. The van der Waals surface area contributed by atoms with E-state index in [1.807, 2.05) is 40.0 Å². The van der Waals surface area contributed by atoms with Crippen molar-refractivity contribution in [2.75, 3.05) is 18.9 Å². The lowest BCUT2D eigenvalue weighted by Crippen LogP contribution is -3.09. The molecule has 1 amide bonds. The number of carbonyl (C=O) groups is 1. The molecule has 1 heterocycles. The highest BCUT2D eigenvalue weighted by atomic mass is 32.1. The molecular formula is C18H28N5OS2+. The van der Waals surface area contributed by atoms with Gasteiger partial charge in [0.05, 0.1) is 7.05 Å². The number of hydrogen-bond donors (Lipinski definition) is 3. The predicted octanol–water partition coefficient (Wildman–Crippen LogP) is 2.42. The first kappa shape index (κ1) is 20.5. The summed E-state index contributed by atoms with van der Waals surface area (Å²) >= 11 is 6.87. The Labute approximate surface area is 164 Å². The maximum Gasteiger partial charge on any atom is 0.275 e. The monoisotopic (exact) mass is 394 g/mol. The third kappa shape index (κ3) is 5.89. The third-order valence-electron chi connectivity index (χ3n) is 3.85. The van der Waals surface area contributed by atoms with E-state index in [2.05, 4.69) is 35.6 Å². The van der Waals surface area contributed by atoms with Crippen molar-refractivity contribution in [3.8, 4) is 0 Å². The number of nitrogens with one attached hydrogen (secondary N) is 3. The topological polar surface area (TPSA) is 63.4 Å². The molecule has 2 rings (SSSR count). The number of benzene rings is 1. The van der Waals surface area contributed by atoms with Gasteiger partial charge in [-0.2, -0.15) is 4.68 Å². The van der Waals surface area contributed by atoms with Crippen LogP contribution in [0.3, 0.4) is 0 Å². The van der Waals surface area contributed by atoms with Crippen molar-refractivity contribution in [3.63, 3.8) is 0 Å². The summed E-state index contributed by atoms with van der Waals surface area (Å²) in [7, 11) is 1.96. The van der Waals surface area contributed by atoms with Gasteiger partial charge in [-0.25, -0.2) is 0 Å². The van der Waals surface area contributed by atoms with E-state index in [-0.39, 0.29) is 11.4 Å². The molecular weight excluding hydrogens is 366 g/mol. The number of carbonyl (C=O) groups excluding carboxylic acids is 1. The number of anilines is 2. The van der Waals surface area contributed by atoms with Crippen LogP contribution in [0.25, 0.3) is 0 Å². The molecule has 1 atom stereocenters. The molecule has 142 valence electrons. The minimum atomic E-state index is -0.225. The fourth-order valence-corrected chi connectivity index (χ4v) is 3.53. The minimum absolute atomic E-state index is 0.0190. The lowest BCUT2D eigenvalue weighted by Gasteiger charge is -2.21. The van der Waals surface area contributed by atoms with Crippen LogP contribution in [0.4, 0.5) is 10.8 Å². The van der Waals surface area contributed by atoms with Gasteiger partial charge in [0.15, 0.2) is 17.2 Å². The molecule has 1 unspecified atom stereocenters.